The second-order valence-electron chi connectivity index (χ2n) is 4.73. The maximum Gasteiger partial charge on any atom is 0.244 e. The fraction of sp³-hybridized carbons (Fsp3) is 0.462. The highest BCUT2D eigenvalue weighted by Crippen LogP contribution is 2.29. The van der Waals surface area contributed by atoms with E-state index in [4.69, 9.17) is 5.73 Å². The molecule has 0 radical (unpaired) electrons. The largest absolute Gasteiger partial charge is 0.324 e. The molecule has 17 heavy (non-hydrogen) atoms. The average molecular weight is 236 g/mol. The van der Waals surface area contributed by atoms with E-state index in [1.54, 1.807) is 19.1 Å². The third kappa shape index (κ3) is 2.31. The molecule has 4 heteroatoms. The number of anilines is 1. The van der Waals surface area contributed by atoms with Crippen LogP contribution in [0.3, 0.4) is 0 Å². The quantitative estimate of drug-likeness (QED) is 0.828. The summed E-state index contributed by atoms with van der Waals surface area (Å²) in [7, 11) is 0. The Morgan fingerprint density at radius 2 is 2.06 bits per heavy atom. The molecule has 0 heterocycles. The third-order valence-electron chi connectivity index (χ3n) is 3.46. The number of hydrogen-bond donors (Lipinski definition) is 2. The third-order valence-corrected chi connectivity index (χ3v) is 3.46. The Morgan fingerprint density at radius 3 is 2.71 bits per heavy atom. The molecule has 1 aliphatic carbocycles. The van der Waals surface area contributed by atoms with Gasteiger partial charge in [-0.1, -0.05) is 18.9 Å². The molecule has 1 aromatic rings. The van der Waals surface area contributed by atoms with Gasteiger partial charge >= 0.3 is 0 Å². The Morgan fingerprint density at radius 1 is 1.41 bits per heavy atom. The highest BCUT2D eigenvalue weighted by atomic mass is 19.1. The van der Waals surface area contributed by atoms with E-state index < -0.39 is 5.54 Å². The van der Waals surface area contributed by atoms with E-state index in [0.29, 0.717) is 24.1 Å². The monoisotopic (exact) mass is 236 g/mol. The molecule has 0 unspecified atom stereocenters. The lowest BCUT2D eigenvalue weighted by Gasteiger charge is -2.22. The molecule has 0 aromatic heterocycles. The number of carbonyl (C=O) groups excluding carboxylic acids is 1. The predicted molar refractivity (Wildman–Crippen MR) is 65.2 cm³/mol. The van der Waals surface area contributed by atoms with Crippen LogP contribution in [-0.2, 0) is 4.79 Å². The number of benzene rings is 1. The molecule has 1 amide bonds. The fourth-order valence-electron chi connectivity index (χ4n) is 2.22. The minimum Gasteiger partial charge on any atom is -0.324 e. The van der Waals surface area contributed by atoms with Gasteiger partial charge in [-0.3, -0.25) is 4.79 Å². The number of amides is 1. The molecular weight excluding hydrogens is 219 g/mol. The molecule has 3 N–H and O–H groups in total. The van der Waals surface area contributed by atoms with Gasteiger partial charge in [-0.15, -0.1) is 0 Å². The normalized spacial score (nSPS) is 18.1. The molecule has 1 aliphatic rings. The van der Waals surface area contributed by atoms with Crippen molar-refractivity contribution < 1.29 is 9.18 Å². The van der Waals surface area contributed by atoms with Gasteiger partial charge in [0.15, 0.2) is 0 Å². The first kappa shape index (κ1) is 12.0. The lowest BCUT2D eigenvalue weighted by Crippen LogP contribution is -2.48. The molecule has 0 spiro atoms. The lowest BCUT2D eigenvalue weighted by atomic mass is 9.98. The van der Waals surface area contributed by atoms with Crippen molar-refractivity contribution in [2.24, 2.45) is 5.73 Å². The number of carbonyl (C=O) groups is 1. The zero-order chi connectivity index (χ0) is 12.5. The minimum absolute atomic E-state index is 0.205. The van der Waals surface area contributed by atoms with E-state index in [0.717, 1.165) is 12.8 Å². The number of hydrogen-bond acceptors (Lipinski definition) is 2. The second kappa shape index (κ2) is 4.45. The van der Waals surface area contributed by atoms with Crippen LogP contribution < -0.4 is 11.1 Å². The summed E-state index contributed by atoms with van der Waals surface area (Å²) in [6.07, 6.45) is 3.36. The molecule has 3 nitrogen and oxygen atoms in total. The molecule has 0 bridgehead atoms. The van der Waals surface area contributed by atoms with Gasteiger partial charge in [-0.05, 0) is 31.9 Å². The van der Waals surface area contributed by atoms with Gasteiger partial charge in [-0.25, -0.2) is 4.39 Å². The predicted octanol–water partition coefficient (Wildman–Crippen LogP) is 2.34. The van der Waals surface area contributed by atoms with Crippen molar-refractivity contribution in [3.05, 3.63) is 29.6 Å². The molecule has 92 valence electrons. The summed E-state index contributed by atoms with van der Waals surface area (Å²) in [4.78, 5) is 12.0. The molecule has 1 aromatic carbocycles. The van der Waals surface area contributed by atoms with E-state index in [1.807, 2.05) is 0 Å². The topological polar surface area (TPSA) is 55.1 Å². The number of nitrogens with one attached hydrogen (secondary N) is 1. The van der Waals surface area contributed by atoms with Crippen LogP contribution in [0.2, 0.25) is 0 Å². The Balaban J connectivity index is 2.16. The van der Waals surface area contributed by atoms with E-state index in [-0.39, 0.29) is 11.7 Å². The SMILES string of the molecule is Cc1c(F)cccc1NC(=O)C1(N)CCCC1. The van der Waals surface area contributed by atoms with Gasteiger partial charge in [0, 0.05) is 11.3 Å². The van der Waals surface area contributed by atoms with Crippen LogP contribution in [-0.4, -0.2) is 11.4 Å². The van der Waals surface area contributed by atoms with Crippen LogP contribution in [0.4, 0.5) is 10.1 Å². The number of nitrogens with two attached hydrogens (primary N) is 1. The first-order valence-electron chi connectivity index (χ1n) is 5.88. The van der Waals surface area contributed by atoms with Gasteiger partial charge < -0.3 is 11.1 Å². The first-order valence-corrected chi connectivity index (χ1v) is 5.88. The van der Waals surface area contributed by atoms with E-state index in [2.05, 4.69) is 5.32 Å². The van der Waals surface area contributed by atoms with Crippen LogP contribution in [0.1, 0.15) is 31.2 Å². The van der Waals surface area contributed by atoms with Crippen molar-refractivity contribution >= 4 is 11.6 Å². The summed E-state index contributed by atoms with van der Waals surface area (Å²) in [6.45, 7) is 1.64. The Kier molecular flexibility index (Phi) is 3.15. The van der Waals surface area contributed by atoms with Gasteiger partial charge in [-0.2, -0.15) is 0 Å². The van der Waals surface area contributed by atoms with E-state index in [9.17, 15) is 9.18 Å². The molecular formula is C13H17FN2O. The highest BCUT2D eigenvalue weighted by Gasteiger charge is 2.37. The van der Waals surface area contributed by atoms with Crippen LogP contribution in [0.25, 0.3) is 0 Å². The van der Waals surface area contributed by atoms with Crippen molar-refractivity contribution in [2.75, 3.05) is 5.32 Å². The maximum absolute atomic E-state index is 13.3. The van der Waals surface area contributed by atoms with Crippen molar-refractivity contribution in [1.29, 1.82) is 0 Å². The maximum atomic E-state index is 13.3. The van der Waals surface area contributed by atoms with Crippen LogP contribution in [0.15, 0.2) is 18.2 Å². The van der Waals surface area contributed by atoms with Crippen molar-refractivity contribution in [1.82, 2.24) is 0 Å². The number of halogens is 1. The molecule has 2 rings (SSSR count). The Bertz CT molecular complexity index is 439. The smallest absolute Gasteiger partial charge is 0.244 e. The van der Waals surface area contributed by atoms with Crippen molar-refractivity contribution in [3.8, 4) is 0 Å². The zero-order valence-corrected chi connectivity index (χ0v) is 9.92. The van der Waals surface area contributed by atoms with Crippen LogP contribution >= 0.6 is 0 Å². The molecule has 0 atom stereocenters. The van der Waals surface area contributed by atoms with Gasteiger partial charge in [0.1, 0.15) is 5.82 Å². The Hall–Kier alpha value is -1.42. The summed E-state index contributed by atoms with van der Waals surface area (Å²) in [5, 5.41) is 2.73. The van der Waals surface area contributed by atoms with Crippen molar-refractivity contribution in [3.63, 3.8) is 0 Å². The average Bonchev–Trinajstić information content (AvgIpc) is 2.73. The summed E-state index contributed by atoms with van der Waals surface area (Å²) in [6, 6.07) is 4.64. The van der Waals surface area contributed by atoms with Crippen molar-refractivity contribution in [2.45, 2.75) is 38.1 Å². The van der Waals surface area contributed by atoms with E-state index >= 15 is 0 Å². The minimum atomic E-state index is -0.779. The highest BCUT2D eigenvalue weighted by molar-refractivity contribution is 5.98. The summed E-state index contributed by atoms with van der Waals surface area (Å²) in [5.74, 6) is -0.524. The van der Waals surface area contributed by atoms with Gasteiger partial charge in [0.05, 0.1) is 5.54 Å². The first-order chi connectivity index (χ1) is 8.03. The summed E-state index contributed by atoms with van der Waals surface area (Å²) < 4.78 is 13.3. The summed E-state index contributed by atoms with van der Waals surface area (Å²) in [5.41, 5.74) is 6.21. The van der Waals surface area contributed by atoms with Crippen LogP contribution in [0, 0.1) is 12.7 Å². The van der Waals surface area contributed by atoms with Gasteiger partial charge in [0.2, 0.25) is 5.91 Å². The zero-order valence-electron chi connectivity index (χ0n) is 9.92. The lowest BCUT2D eigenvalue weighted by molar-refractivity contribution is -0.121. The number of rotatable bonds is 2. The van der Waals surface area contributed by atoms with Crippen LogP contribution in [0.5, 0.6) is 0 Å². The van der Waals surface area contributed by atoms with E-state index in [1.165, 1.54) is 6.07 Å². The second-order valence-corrected chi connectivity index (χ2v) is 4.73. The Labute approximate surface area is 100 Å². The standard InChI is InChI=1S/C13H17FN2O/c1-9-10(14)5-4-6-11(9)16-12(17)13(15)7-2-3-8-13/h4-6H,2-3,7-8,15H2,1H3,(H,16,17). The van der Waals surface area contributed by atoms with Gasteiger partial charge in [0.25, 0.3) is 0 Å². The summed E-state index contributed by atoms with van der Waals surface area (Å²) >= 11 is 0. The molecule has 0 aliphatic heterocycles. The molecule has 1 saturated carbocycles. The molecule has 0 saturated heterocycles. The fourth-order valence-corrected chi connectivity index (χ4v) is 2.22. The molecule has 1 fully saturated rings.